The molecule has 3 rings (SSSR count). The van der Waals surface area contributed by atoms with Crippen molar-refractivity contribution in [3.05, 3.63) is 89.4 Å². The van der Waals surface area contributed by atoms with E-state index in [0.29, 0.717) is 23.7 Å². The third-order valence-corrected chi connectivity index (χ3v) is 8.47. The van der Waals surface area contributed by atoms with Crippen molar-refractivity contribution in [1.82, 2.24) is 10.2 Å². The maximum Gasteiger partial charge on any atom is 0.264 e. The van der Waals surface area contributed by atoms with Crippen molar-refractivity contribution >= 4 is 39.1 Å². The number of rotatable bonds is 14. The van der Waals surface area contributed by atoms with E-state index in [4.69, 9.17) is 16.3 Å². The lowest BCUT2D eigenvalue weighted by atomic mass is 10.1. The number of methoxy groups -OCH3 is 1. The monoisotopic (exact) mass is 585 g/mol. The summed E-state index contributed by atoms with van der Waals surface area (Å²) < 4.78 is 34.3. The predicted octanol–water partition coefficient (Wildman–Crippen LogP) is 5.27. The maximum absolute atomic E-state index is 14.1. The lowest BCUT2D eigenvalue weighted by Gasteiger charge is -2.33. The SMILES string of the molecule is CCCCNC(=O)C(CC)N(Cc1ccc(Cl)cc1)C(=O)CN(c1ccccc1OC)S(=O)(=O)c1ccccc1. The number of unbranched alkanes of at least 4 members (excludes halogenated alkanes) is 1. The molecule has 0 aromatic heterocycles. The fraction of sp³-hybridized carbons (Fsp3) is 0.333. The van der Waals surface area contributed by atoms with Crippen LogP contribution >= 0.6 is 11.6 Å². The van der Waals surface area contributed by atoms with Crippen LogP contribution in [-0.2, 0) is 26.2 Å². The van der Waals surface area contributed by atoms with Gasteiger partial charge < -0.3 is 15.0 Å². The van der Waals surface area contributed by atoms with E-state index in [0.717, 1.165) is 22.7 Å². The third kappa shape index (κ3) is 7.76. The first-order valence-electron chi connectivity index (χ1n) is 13.2. The highest BCUT2D eigenvalue weighted by molar-refractivity contribution is 7.92. The molecule has 0 saturated heterocycles. The minimum atomic E-state index is -4.18. The van der Waals surface area contributed by atoms with Gasteiger partial charge in [-0.05, 0) is 54.8 Å². The van der Waals surface area contributed by atoms with E-state index in [-0.39, 0.29) is 23.0 Å². The molecule has 2 amide bonds. The van der Waals surface area contributed by atoms with Crippen molar-refractivity contribution in [2.45, 2.75) is 50.6 Å². The Hall–Kier alpha value is -3.56. The van der Waals surface area contributed by atoms with E-state index in [1.54, 1.807) is 66.7 Å². The van der Waals surface area contributed by atoms with Crippen LogP contribution in [0.4, 0.5) is 5.69 Å². The molecule has 0 heterocycles. The summed E-state index contributed by atoms with van der Waals surface area (Å²) in [6, 6.07) is 20.7. The van der Waals surface area contributed by atoms with Crippen molar-refractivity contribution in [2.75, 3.05) is 24.5 Å². The van der Waals surface area contributed by atoms with Gasteiger partial charge in [0.15, 0.2) is 0 Å². The van der Waals surface area contributed by atoms with Crippen LogP contribution in [0.15, 0.2) is 83.8 Å². The smallest absolute Gasteiger partial charge is 0.264 e. The number of amides is 2. The van der Waals surface area contributed by atoms with Gasteiger partial charge in [-0.2, -0.15) is 0 Å². The highest BCUT2D eigenvalue weighted by Gasteiger charge is 2.34. The summed E-state index contributed by atoms with van der Waals surface area (Å²) in [6.45, 7) is 3.90. The van der Waals surface area contributed by atoms with Gasteiger partial charge in [-0.3, -0.25) is 13.9 Å². The number of ether oxygens (including phenoxy) is 1. The number of halogens is 1. The van der Waals surface area contributed by atoms with Gasteiger partial charge in [0.05, 0.1) is 17.7 Å². The van der Waals surface area contributed by atoms with Gasteiger partial charge in [0.1, 0.15) is 18.3 Å². The summed E-state index contributed by atoms with van der Waals surface area (Å²) in [5.41, 5.74) is 0.974. The molecule has 10 heteroatoms. The highest BCUT2D eigenvalue weighted by Crippen LogP contribution is 2.32. The van der Waals surface area contributed by atoms with E-state index < -0.39 is 28.5 Å². The Labute approximate surface area is 241 Å². The molecule has 0 spiro atoms. The van der Waals surface area contributed by atoms with Gasteiger partial charge >= 0.3 is 0 Å². The molecule has 214 valence electrons. The van der Waals surface area contributed by atoms with Crippen molar-refractivity contribution in [3.8, 4) is 5.75 Å². The first-order chi connectivity index (χ1) is 19.2. The van der Waals surface area contributed by atoms with Crippen LogP contribution in [0, 0.1) is 0 Å². The zero-order chi connectivity index (χ0) is 29.1. The number of carbonyl (C=O) groups is 2. The molecule has 40 heavy (non-hydrogen) atoms. The normalized spacial score (nSPS) is 11.9. The molecule has 1 atom stereocenters. The Morgan fingerprint density at radius 2 is 1.60 bits per heavy atom. The van der Waals surface area contributed by atoms with E-state index in [2.05, 4.69) is 5.32 Å². The summed E-state index contributed by atoms with van der Waals surface area (Å²) in [5, 5.41) is 3.46. The minimum absolute atomic E-state index is 0.0299. The first kappa shape index (κ1) is 31.0. The van der Waals surface area contributed by atoms with Gasteiger partial charge in [0.25, 0.3) is 10.0 Å². The van der Waals surface area contributed by atoms with Crippen molar-refractivity contribution in [3.63, 3.8) is 0 Å². The van der Waals surface area contributed by atoms with Gasteiger partial charge in [0.2, 0.25) is 11.8 Å². The zero-order valence-corrected chi connectivity index (χ0v) is 24.6. The van der Waals surface area contributed by atoms with E-state index >= 15 is 0 Å². The van der Waals surface area contributed by atoms with Crippen LogP contribution in [-0.4, -0.2) is 51.4 Å². The fourth-order valence-corrected chi connectivity index (χ4v) is 5.85. The Bertz CT molecular complexity index is 1370. The molecule has 0 bridgehead atoms. The lowest BCUT2D eigenvalue weighted by Crippen LogP contribution is -2.52. The van der Waals surface area contributed by atoms with Crippen molar-refractivity contribution in [1.29, 1.82) is 0 Å². The number of sulfonamides is 1. The number of hydrogen-bond donors (Lipinski definition) is 1. The maximum atomic E-state index is 14.1. The standard InChI is InChI=1S/C30H36ClN3O5S/c1-4-6-20-32-30(36)26(5-2)33(21-23-16-18-24(31)19-17-23)29(35)22-34(27-14-10-11-15-28(27)39-3)40(37,38)25-12-8-7-9-13-25/h7-19,26H,4-6,20-22H2,1-3H3,(H,32,36). The number of hydrogen-bond acceptors (Lipinski definition) is 5. The van der Waals surface area contributed by atoms with E-state index in [9.17, 15) is 18.0 Å². The van der Waals surface area contributed by atoms with Gasteiger partial charge in [-0.25, -0.2) is 8.42 Å². The summed E-state index contributed by atoms with van der Waals surface area (Å²) in [4.78, 5) is 28.8. The molecular weight excluding hydrogens is 550 g/mol. The first-order valence-corrected chi connectivity index (χ1v) is 15.1. The lowest BCUT2D eigenvalue weighted by molar-refractivity contribution is -0.140. The molecular formula is C30H36ClN3O5S. The van der Waals surface area contributed by atoms with Gasteiger partial charge in [0, 0.05) is 18.1 Å². The van der Waals surface area contributed by atoms with Gasteiger partial charge in [-0.1, -0.05) is 74.3 Å². The number of carbonyl (C=O) groups excluding carboxylic acids is 2. The van der Waals surface area contributed by atoms with Crippen molar-refractivity contribution in [2.24, 2.45) is 0 Å². The minimum Gasteiger partial charge on any atom is -0.495 e. The molecule has 0 radical (unpaired) electrons. The molecule has 8 nitrogen and oxygen atoms in total. The second-order valence-electron chi connectivity index (χ2n) is 9.21. The molecule has 0 fully saturated rings. The highest BCUT2D eigenvalue weighted by atomic mass is 35.5. The Kier molecular flexibility index (Phi) is 11.4. The van der Waals surface area contributed by atoms with Crippen LogP contribution in [0.1, 0.15) is 38.7 Å². The third-order valence-electron chi connectivity index (χ3n) is 6.45. The average molecular weight is 586 g/mol. The summed E-state index contributed by atoms with van der Waals surface area (Å²) >= 11 is 6.07. The summed E-state index contributed by atoms with van der Waals surface area (Å²) in [6.07, 6.45) is 2.07. The Balaban J connectivity index is 2.05. The molecule has 1 unspecified atom stereocenters. The Morgan fingerprint density at radius 1 is 0.950 bits per heavy atom. The molecule has 0 aliphatic carbocycles. The number of benzene rings is 3. The second-order valence-corrected chi connectivity index (χ2v) is 11.5. The number of nitrogens with zero attached hydrogens (tertiary/aromatic N) is 2. The van der Waals surface area contributed by atoms with Crippen LogP contribution in [0.2, 0.25) is 5.02 Å². The van der Waals surface area contributed by atoms with Crippen LogP contribution in [0.3, 0.4) is 0 Å². The molecule has 3 aromatic carbocycles. The van der Waals surface area contributed by atoms with Crippen LogP contribution in [0.5, 0.6) is 5.75 Å². The topological polar surface area (TPSA) is 96.0 Å². The summed E-state index contributed by atoms with van der Waals surface area (Å²) in [5.74, 6) is -0.519. The van der Waals surface area contributed by atoms with E-state index in [1.165, 1.54) is 24.1 Å². The number of para-hydroxylation sites is 2. The van der Waals surface area contributed by atoms with Gasteiger partial charge in [-0.15, -0.1) is 0 Å². The number of nitrogens with one attached hydrogen (secondary N) is 1. The second kappa shape index (κ2) is 14.7. The Morgan fingerprint density at radius 3 is 2.23 bits per heavy atom. The van der Waals surface area contributed by atoms with E-state index in [1.807, 2.05) is 13.8 Å². The zero-order valence-electron chi connectivity index (χ0n) is 23.0. The molecule has 0 aliphatic rings. The summed E-state index contributed by atoms with van der Waals surface area (Å²) in [7, 11) is -2.74. The fourth-order valence-electron chi connectivity index (χ4n) is 4.28. The molecule has 0 aliphatic heterocycles. The molecule has 3 aromatic rings. The average Bonchev–Trinajstić information content (AvgIpc) is 2.97. The number of anilines is 1. The molecule has 1 N–H and O–H groups in total. The van der Waals surface area contributed by atoms with Crippen LogP contribution < -0.4 is 14.4 Å². The molecule has 0 saturated carbocycles. The van der Waals surface area contributed by atoms with Crippen molar-refractivity contribution < 1.29 is 22.7 Å². The van der Waals surface area contributed by atoms with Crippen LogP contribution in [0.25, 0.3) is 0 Å². The largest absolute Gasteiger partial charge is 0.495 e. The predicted molar refractivity (Wildman–Crippen MR) is 158 cm³/mol. The quantitative estimate of drug-likeness (QED) is 0.260.